The van der Waals surface area contributed by atoms with Gasteiger partial charge in [-0.2, -0.15) is 0 Å². The quantitative estimate of drug-likeness (QED) is 0.805. The summed E-state index contributed by atoms with van der Waals surface area (Å²) in [6, 6.07) is 1.43. The van der Waals surface area contributed by atoms with Crippen molar-refractivity contribution in [3.05, 3.63) is 23.0 Å². The fourth-order valence-electron chi connectivity index (χ4n) is 2.14. The number of sulfonamides is 1. The zero-order chi connectivity index (χ0) is 15.8. The van der Waals surface area contributed by atoms with Crippen LogP contribution in [0.3, 0.4) is 0 Å². The molecule has 1 unspecified atom stereocenters. The predicted octanol–water partition coefficient (Wildman–Crippen LogP) is 0.960. The minimum atomic E-state index is -3.94. The third-order valence-electron chi connectivity index (χ3n) is 3.29. The van der Waals surface area contributed by atoms with Gasteiger partial charge in [0.05, 0.1) is 10.7 Å². The van der Waals surface area contributed by atoms with E-state index < -0.39 is 21.9 Å². The second kappa shape index (κ2) is 5.78. The number of benzene rings is 1. The molecule has 2 rings (SSSR count). The molecule has 0 bridgehead atoms. The number of carbonyl (C=O) groups is 1. The van der Waals surface area contributed by atoms with Crippen LogP contribution in [0.2, 0.25) is 5.02 Å². The van der Waals surface area contributed by atoms with Crippen molar-refractivity contribution in [3.63, 3.8) is 0 Å². The Labute approximate surface area is 127 Å². The van der Waals surface area contributed by atoms with Crippen molar-refractivity contribution in [2.75, 3.05) is 19.3 Å². The molecule has 1 amide bonds. The van der Waals surface area contributed by atoms with Crippen LogP contribution in [-0.4, -0.2) is 38.9 Å². The molecule has 1 heterocycles. The number of halogens is 2. The molecule has 1 aromatic rings. The summed E-state index contributed by atoms with van der Waals surface area (Å²) in [5.41, 5.74) is 5.09. The maximum Gasteiger partial charge on any atom is 0.242 e. The Morgan fingerprint density at radius 2 is 2.14 bits per heavy atom. The van der Waals surface area contributed by atoms with Crippen molar-refractivity contribution in [1.29, 1.82) is 0 Å². The van der Waals surface area contributed by atoms with Crippen LogP contribution in [-0.2, 0) is 14.8 Å². The van der Waals surface area contributed by atoms with Crippen molar-refractivity contribution in [2.45, 2.75) is 23.8 Å². The number of anilines is 1. The molecule has 0 spiro atoms. The lowest BCUT2D eigenvalue weighted by Gasteiger charge is -2.30. The highest BCUT2D eigenvalue weighted by atomic mass is 35.5. The normalized spacial score (nSPS) is 19.9. The molecular formula is C12H15ClFN3O3S. The summed E-state index contributed by atoms with van der Waals surface area (Å²) in [5.74, 6) is -0.809. The molecule has 1 aromatic carbocycles. The molecule has 9 heteroatoms. The predicted molar refractivity (Wildman–Crippen MR) is 76.8 cm³/mol. The number of nitrogen functional groups attached to an aromatic ring is 1. The molecule has 1 fully saturated rings. The summed E-state index contributed by atoms with van der Waals surface area (Å²) < 4.78 is 40.3. The van der Waals surface area contributed by atoms with Crippen molar-refractivity contribution >= 4 is 33.2 Å². The smallest absolute Gasteiger partial charge is 0.242 e. The van der Waals surface area contributed by atoms with Crippen LogP contribution in [0, 0.1) is 5.82 Å². The second-order valence-corrected chi connectivity index (χ2v) is 7.02. The summed E-state index contributed by atoms with van der Waals surface area (Å²) in [6.07, 6.45) is 0.666. The number of nitrogens with one attached hydrogen (secondary N) is 1. The van der Waals surface area contributed by atoms with E-state index in [1.54, 1.807) is 7.05 Å². The molecule has 0 saturated carbocycles. The third kappa shape index (κ3) is 3.45. The molecule has 1 aliphatic rings. The zero-order valence-electron chi connectivity index (χ0n) is 11.3. The fourth-order valence-corrected chi connectivity index (χ4v) is 3.95. The number of nitrogens with two attached hydrogens (primary N) is 1. The first-order valence-electron chi connectivity index (χ1n) is 6.21. The summed E-state index contributed by atoms with van der Waals surface area (Å²) >= 11 is 5.78. The Hall–Kier alpha value is -1.38. The molecule has 116 valence electrons. The number of amides is 1. The highest BCUT2D eigenvalue weighted by Gasteiger charge is 2.28. The molecule has 0 aliphatic carbocycles. The van der Waals surface area contributed by atoms with Gasteiger partial charge in [0, 0.05) is 26.1 Å². The van der Waals surface area contributed by atoms with E-state index in [0.29, 0.717) is 6.42 Å². The summed E-state index contributed by atoms with van der Waals surface area (Å²) in [6.45, 7) is 0.270. The third-order valence-corrected chi connectivity index (χ3v) is 5.27. The molecule has 0 radical (unpaired) electrons. The topological polar surface area (TPSA) is 92.5 Å². The summed E-state index contributed by atoms with van der Waals surface area (Å²) in [7, 11) is -2.33. The Balaban J connectivity index is 2.23. The Bertz CT molecular complexity index is 681. The van der Waals surface area contributed by atoms with E-state index in [0.717, 1.165) is 12.1 Å². The van der Waals surface area contributed by atoms with Gasteiger partial charge < -0.3 is 10.6 Å². The number of hydrogen-bond acceptors (Lipinski definition) is 4. The highest BCUT2D eigenvalue weighted by molar-refractivity contribution is 7.89. The Kier molecular flexibility index (Phi) is 4.40. The lowest BCUT2D eigenvalue weighted by molar-refractivity contribution is -0.132. The number of nitrogens with zero attached hydrogens (tertiary/aromatic N) is 1. The van der Waals surface area contributed by atoms with Gasteiger partial charge in [-0.15, -0.1) is 0 Å². The number of likely N-dealkylation sites (N-methyl/N-ethyl adjacent to an activating group) is 1. The molecular weight excluding hydrogens is 321 g/mol. The van der Waals surface area contributed by atoms with E-state index >= 15 is 0 Å². The first-order valence-corrected chi connectivity index (χ1v) is 8.07. The van der Waals surface area contributed by atoms with Crippen molar-refractivity contribution < 1.29 is 17.6 Å². The van der Waals surface area contributed by atoms with Gasteiger partial charge in [-0.1, -0.05) is 11.6 Å². The van der Waals surface area contributed by atoms with Crippen molar-refractivity contribution in [2.24, 2.45) is 0 Å². The lowest BCUT2D eigenvalue weighted by Crippen LogP contribution is -2.48. The van der Waals surface area contributed by atoms with Crippen LogP contribution in [0.25, 0.3) is 0 Å². The van der Waals surface area contributed by atoms with E-state index in [4.69, 9.17) is 17.3 Å². The minimum Gasteiger partial charge on any atom is -0.396 e. The van der Waals surface area contributed by atoms with Crippen LogP contribution < -0.4 is 10.5 Å². The Morgan fingerprint density at radius 3 is 2.76 bits per heavy atom. The number of rotatable bonds is 3. The van der Waals surface area contributed by atoms with Crippen molar-refractivity contribution in [1.82, 2.24) is 9.62 Å². The first-order chi connectivity index (χ1) is 9.70. The van der Waals surface area contributed by atoms with Crippen LogP contribution in [0.5, 0.6) is 0 Å². The van der Waals surface area contributed by atoms with E-state index in [-0.39, 0.29) is 34.5 Å². The largest absolute Gasteiger partial charge is 0.396 e. The average molecular weight is 336 g/mol. The maximum absolute atomic E-state index is 13.2. The highest BCUT2D eigenvalue weighted by Crippen LogP contribution is 2.26. The molecule has 1 atom stereocenters. The number of piperidine rings is 1. The van der Waals surface area contributed by atoms with Gasteiger partial charge in [0.2, 0.25) is 15.9 Å². The molecule has 0 aromatic heterocycles. The molecule has 1 aliphatic heterocycles. The van der Waals surface area contributed by atoms with Crippen molar-refractivity contribution in [3.8, 4) is 0 Å². The van der Waals surface area contributed by atoms with Gasteiger partial charge in [-0.05, 0) is 18.6 Å². The Morgan fingerprint density at radius 1 is 1.48 bits per heavy atom. The summed E-state index contributed by atoms with van der Waals surface area (Å²) in [4.78, 5) is 12.6. The van der Waals surface area contributed by atoms with E-state index in [9.17, 15) is 17.6 Å². The minimum absolute atomic E-state index is 0.0329. The number of hydrogen-bond donors (Lipinski definition) is 2. The van der Waals surface area contributed by atoms with Gasteiger partial charge in [-0.3, -0.25) is 4.79 Å². The van der Waals surface area contributed by atoms with Crippen LogP contribution in [0.1, 0.15) is 12.8 Å². The SMILES string of the molecule is CN1CC(NS(=O)(=O)c2cc(N)c(F)cc2Cl)CCC1=O. The van der Waals surface area contributed by atoms with E-state index in [1.807, 2.05) is 0 Å². The number of likely N-dealkylation sites (tertiary alicyclic amines) is 1. The number of carbonyl (C=O) groups excluding carboxylic acids is 1. The van der Waals surface area contributed by atoms with Gasteiger partial charge in [-0.25, -0.2) is 17.5 Å². The first kappa shape index (κ1) is 16.0. The standard InChI is InChI=1S/C12H15ClFN3O3S/c1-17-6-7(2-3-12(17)18)16-21(19,20)11-5-10(15)9(14)4-8(11)13/h4-5,7,16H,2-3,6,15H2,1H3. The fraction of sp³-hybridized carbons (Fsp3) is 0.417. The molecule has 1 saturated heterocycles. The summed E-state index contributed by atoms with van der Waals surface area (Å²) in [5, 5.41) is -0.241. The van der Waals surface area contributed by atoms with Gasteiger partial charge in [0.1, 0.15) is 10.7 Å². The molecule has 3 N–H and O–H groups in total. The van der Waals surface area contributed by atoms with Gasteiger partial charge in [0.25, 0.3) is 0 Å². The van der Waals surface area contributed by atoms with E-state index in [1.165, 1.54) is 4.90 Å². The molecule has 6 nitrogen and oxygen atoms in total. The van der Waals surface area contributed by atoms with Gasteiger partial charge in [0.15, 0.2) is 0 Å². The molecule has 21 heavy (non-hydrogen) atoms. The van der Waals surface area contributed by atoms with E-state index in [2.05, 4.69) is 4.72 Å². The zero-order valence-corrected chi connectivity index (χ0v) is 12.8. The monoisotopic (exact) mass is 335 g/mol. The average Bonchev–Trinajstić information content (AvgIpc) is 2.37. The van der Waals surface area contributed by atoms with Crippen LogP contribution in [0.4, 0.5) is 10.1 Å². The second-order valence-electron chi connectivity index (χ2n) is 4.94. The lowest BCUT2D eigenvalue weighted by atomic mass is 10.1. The van der Waals surface area contributed by atoms with Crippen LogP contribution >= 0.6 is 11.6 Å². The van der Waals surface area contributed by atoms with Gasteiger partial charge >= 0.3 is 0 Å². The maximum atomic E-state index is 13.2. The van der Waals surface area contributed by atoms with Crippen LogP contribution in [0.15, 0.2) is 17.0 Å².